The molecule has 13 rings (SSSR count). The lowest BCUT2D eigenvalue weighted by atomic mass is 9.84. The third-order valence-corrected chi connectivity index (χ3v) is 13.4. The number of anilines is 3. The topological polar surface area (TPSA) is 37.8 Å². The smallest absolute Gasteiger partial charge is 0.165 e. The van der Waals surface area contributed by atoms with Crippen LogP contribution in [0.25, 0.3) is 98.3 Å². The van der Waals surface area contributed by atoms with Gasteiger partial charge in [0.05, 0.1) is 27.8 Å². The molecule has 5 nitrogen and oxygen atoms in total. The van der Waals surface area contributed by atoms with Crippen molar-refractivity contribution in [1.82, 2.24) is 18.8 Å². The zero-order valence-electron chi connectivity index (χ0n) is 35.2. The zero-order chi connectivity index (χ0) is 41.1. The molecule has 292 valence electrons. The number of fused-ring (bicyclic) bond motifs is 16. The Morgan fingerprint density at radius 1 is 0.393 bits per heavy atom. The van der Waals surface area contributed by atoms with E-state index in [2.05, 4.69) is 207 Å². The van der Waals surface area contributed by atoms with E-state index < -0.39 is 0 Å². The fourth-order valence-electron chi connectivity index (χ4n) is 10.4. The summed E-state index contributed by atoms with van der Waals surface area (Å²) in [5.41, 5.74) is 14.0. The number of rotatable bonds is 3. The summed E-state index contributed by atoms with van der Waals surface area (Å²) in [6.45, 7) is 13.9. The quantitative estimate of drug-likeness (QED) is 0.179. The number of hydrogen-bond donors (Lipinski definition) is 0. The minimum atomic E-state index is -0.107. The fourth-order valence-corrected chi connectivity index (χ4v) is 10.4. The summed E-state index contributed by atoms with van der Waals surface area (Å²) in [5.74, 6) is 0. The molecule has 0 atom stereocenters. The van der Waals surface area contributed by atoms with Crippen LogP contribution in [-0.2, 0) is 10.8 Å². The SMILES string of the molecule is CC(C)(C)c1cc(N(c2ccccc2)c2ccccc2)c2c(c1)c1cc(C(C)(C)C)cc3c4nc5c(nc4n2c13)c1c2ccccc2cc2c3ccc4ccccc4c3n5c21. The second-order valence-electron chi connectivity index (χ2n) is 19.1. The van der Waals surface area contributed by atoms with Crippen molar-refractivity contribution in [2.24, 2.45) is 0 Å². The molecule has 5 heterocycles. The maximum Gasteiger partial charge on any atom is 0.165 e. The molecule has 0 saturated heterocycles. The van der Waals surface area contributed by atoms with Gasteiger partial charge in [0.15, 0.2) is 11.3 Å². The lowest BCUT2D eigenvalue weighted by Gasteiger charge is -2.29. The fraction of sp³-hybridized carbons (Fsp3) is 0.143. The van der Waals surface area contributed by atoms with Crippen molar-refractivity contribution < 1.29 is 0 Å². The van der Waals surface area contributed by atoms with Crippen LogP contribution in [0.5, 0.6) is 0 Å². The van der Waals surface area contributed by atoms with E-state index in [1.54, 1.807) is 0 Å². The van der Waals surface area contributed by atoms with E-state index in [9.17, 15) is 0 Å². The summed E-state index contributed by atoms with van der Waals surface area (Å²) in [6.07, 6.45) is 0. The van der Waals surface area contributed by atoms with E-state index in [0.29, 0.717) is 0 Å². The van der Waals surface area contributed by atoms with E-state index in [4.69, 9.17) is 9.97 Å². The molecule has 0 aliphatic rings. The van der Waals surface area contributed by atoms with Crippen LogP contribution in [0.15, 0.2) is 152 Å². The molecule has 5 heteroatoms. The van der Waals surface area contributed by atoms with Crippen molar-refractivity contribution in [2.75, 3.05) is 4.90 Å². The van der Waals surface area contributed by atoms with Crippen LogP contribution in [-0.4, -0.2) is 18.8 Å². The molecule has 0 radical (unpaired) electrons. The van der Waals surface area contributed by atoms with Gasteiger partial charge in [-0.3, -0.25) is 8.80 Å². The first-order valence-corrected chi connectivity index (χ1v) is 21.4. The maximum absolute atomic E-state index is 5.92. The van der Waals surface area contributed by atoms with Crippen LogP contribution in [0.1, 0.15) is 52.7 Å². The summed E-state index contributed by atoms with van der Waals surface area (Å²) in [6, 6.07) is 55.8. The monoisotopic (exact) mass is 785 g/mol. The molecule has 13 aromatic rings. The molecule has 5 aromatic heterocycles. The van der Waals surface area contributed by atoms with Crippen molar-refractivity contribution in [2.45, 2.75) is 52.4 Å². The number of hydrogen-bond acceptors (Lipinski definition) is 3. The van der Waals surface area contributed by atoms with Crippen molar-refractivity contribution in [3.05, 3.63) is 163 Å². The average Bonchev–Trinajstić information content (AvgIpc) is 3.98. The third kappa shape index (κ3) is 4.61. The van der Waals surface area contributed by atoms with Crippen LogP contribution < -0.4 is 4.90 Å². The van der Waals surface area contributed by atoms with Crippen LogP contribution in [0.3, 0.4) is 0 Å². The minimum absolute atomic E-state index is 0.104. The predicted molar refractivity (Wildman–Crippen MR) is 258 cm³/mol. The van der Waals surface area contributed by atoms with E-state index >= 15 is 0 Å². The highest BCUT2D eigenvalue weighted by atomic mass is 15.2. The van der Waals surface area contributed by atoms with Gasteiger partial charge in [0, 0.05) is 49.1 Å². The molecular weight excluding hydrogens is 743 g/mol. The minimum Gasteiger partial charge on any atom is -0.308 e. The van der Waals surface area contributed by atoms with E-state index in [1.807, 2.05) is 0 Å². The molecule has 0 fully saturated rings. The van der Waals surface area contributed by atoms with Gasteiger partial charge in [0.2, 0.25) is 0 Å². The molecule has 0 saturated carbocycles. The molecule has 0 spiro atoms. The number of para-hydroxylation sites is 2. The second-order valence-corrected chi connectivity index (χ2v) is 19.1. The predicted octanol–water partition coefficient (Wildman–Crippen LogP) is 15.1. The third-order valence-electron chi connectivity index (χ3n) is 13.4. The zero-order valence-corrected chi connectivity index (χ0v) is 35.2. The van der Waals surface area contributed by atoms with Gasteiger partial charge >= 0.3 is 0 Å². The Hall–Kier alpha value is -7.24. The molecule has 8 aromatic carbocycles. The molecule has 0 amide bonds. The highest BCUT2D eigenvalue weighted by Crippen LogP contribution is 2.50. The second kappa shape index (κ2) is 11.7. The van der Waals surface area contributed by atoms with Gasteiger partial charge in [-0.1, -0.05) is 139 Å². The van der Waals surface area contributed by atoms with Crippen LogP contribution in [0, 0.1) is 0 Å². The largest absolute Gasteiger partial charge is 0.308 e. The van der Waals surface area contributed by atoms with Gasteiger partial charge in [0.25, 0.3) is 0 Å². The normalized spacial score (nSPS) is 13.1. The Labute approximate surface area is 352 Å². The Kier molecular flexibility index (Phi) is 6.66. The first-order chi connectivity index (χ1) is 29.5. The van der Waals surface area contributed by atoms with Gasteiger partial charge < -0.3 is 4.90 Å². The Morgan fingerprint density at radius 2 is 0.902 bits per heavy atom. The lowest BCUT2D eigenvalue weighted by molar-refractivity contribution is 0.591. The summed E-state index contributed by atoms with van der Waals surface area (Å²) < 4.78 is 4.89. The number of benzene rings is 8. The van der Waals surface area contributed by atoms with Gasteiger partial charge in [0.1, 0.15) is 11.0 Å². The lowest BCUT2D eigenvalue weighted by Crippen LogP contribution is -2.15. The molecule has 0 N–H and O–H groups in total. The summed E-state index contributed by atoms with van der Waals surface area (Å²) in [4.78, 5) is 14.2. The molecule has 0 aliphatic heterocycles. The van der Waals surface area contributed by atoms with Crippen molar-refractivity contribution >= 4 is 115 Å². The summed E-state index contributed by atoms with van der Waals surface area (Å²) in [7, 11) is 0. The average molecular weight is 786 g/mol. The molecule has 61 heavy (non-hydrogen) atoms. The molecule has 0 bridgehead atoms. The van der Waals surface area contributed by atoms with Crippen LogP contribution in [0.4, 0.5) is 17.1 Å². The first-order valence-electron chi connectivity index (χ1n) is 21.4. The highest BCUT2D eigenvalue weighted by Gasteiger charge is 2.31. The van der Waals surface area contributed by atoms with Crippen molar-refractivity contribution in [1.29, 1.82) is 0 Å². The van der Waals surface area contributed by atoms with Crippen molar-refractivity contribution in [3.63, 3.8) is 0 Å². The van der Waals surface area contributed by atoms with Gasteiger partial charge in [-0.2, -0.15) is 0 Å². The highest BCUT2D eigenvalue weighted by molar-refractivity contribution is 6.33. The van der Waals surface area contributed by atoms with E-state index in [-0.39, 0.29) is 10.8 Å². The molecule has 0 unspecified atom stereocenters. The summed E-state index contributed by atoms with van der Waals surface area (Å²) in [5, 5.41) is 12.1. The standard InChI is InChI=1S/C56H43N5/c1-55(2,3)34-28-42-43-29-35(56(4,5)6)31-45(59(36-19-9-7-10-20-36)37-21-11-8-12-22-37)51(43)60-50(42)44(30-34)47-53(60)58-48-46-38-23-15-14-18-33(38)27-41-40-26-25-32-17-13-16-24-39(32)49(40)61(52(41)46)54(48)57-47/h7-31H,1-6H3. The number of aromatic nitrogens is 4. The van der Waals surface area contributed by atoms with Gasteiger partial charge in [-0.05, 0) is 92.7 Å². The van der Waals surface area contributed by atoms with E-state index in [0.717, 1.165) is 55.7 Å². The Bertz CT molecular complexity index is 3900. The Balaban J connectivity index is 1.29. The van der Waals surface area contributed by atoms with Gasteiger partial charge in [-0.15, -0.1) is 0 Å². The van der Waals surface area contributed by atoms with Crippen LogP contribution in [0.2, 0.25) is 0 Å². The molecule has 0 aliphatic carbocycles. The van der Waals surface area contributed by atoms with Crippen LogP contribution >= 0.6 is 0 Å². The van der Waals surface area contributed by atoms with Gasteiger partial charge in [-0.25, -0.2) is 9.97 Å². The molecular formula is C56H43N5. The maximum atomic E-state index is 5.92. The number of nitrogens with zero attached hydrogens (tertiary/aromatic N) is 5. The van der Waals surface area contributed by atoms with Crippen molar-refractivity contribution in [3.8, 4) is 0 Å². The first kappa shape index (κ1) is 34.6. The van der Waals surface area contributed by atoms with E-state index in [1.165, 1.54) is 70.8 Å². The summed E-state index contributed by atoms with van der Waals surface area (Å²) >= 11 is 0. The Morgan fingerprint density at radius 3 is 1.59 bits per heavy atom.